The van der Waals surface area contributed by atoms with Crippen LogP contribution in [0.3, 0.4) is 0 Å². The van der Waals surface area contributed by atoms with Gasteiger partial charge in [0.2, 0.25) is 5.91 Å². The second kappa shape index (κ2) is 14.6. The minimum absolute atomic E-state index is 0.00425. The summed E-state index contributed by atoms with van der Waals surface area (Å²) in [6, 6.07) is 25.3. The third-order valence-electron chi connectivity index (χ3n) is 6.03. The van der Waals surface area contributed by atoms with E-state index in [9.17, 15) is 27.6 Å². The number of hydrogen-bond donors (Lipinski definition) is 3. The van der Waals surface area contributed by atoms with Gasteiger partial charge >= 0.3 is 6.18 Å². The Hall–Kier alpha value is -4.06. The highest BCUT2D eigenvalue weighted by Crippen LogP contribution is 2.37. The van der Waals surface area contributed by atoms with Crippen molar-refractivity contribution < 1.29 is 27.6 Å². The van der Waals surface area contributed by atoms with Gasteiger partial charge in [-0.05, 0) is 79.2 Å². The molecule has 4 rings (SSSR count). The summed E-state index contributed by atoms with van der Waals surface area (Å²) in [5, 5.41) is 6.86. The van der Waals surface area contributed by atoms with Crippen LogP contribution in [0.2, 0.25) is 5.02 Å². The summed E-state index contributed by atoms with van der Waals surface area (Å²) in [6.45, 7) is 1.55. The molecule has 0 heterocycles. The predicted octanol–water partition coefficient (Wildman–Crippen LogP) is 8.65. The number of amides is 3. The van der Waals surface area contributed by atoms with Gasteiger partial charge in [0.15, 0.2) is 0 Å². The van der Waals surface area contributed by atoms with Crippen LogP contribution in [0.15, 0.2) is 112 Å². The Kier molecular flexibility index (Phi) is 10.9. The first-order valence-corrected chi connectivity index (χ1v) is 15.0. The molecule has 3 N–H and O–H groups in total. The zero-order valence-corrected chi connectivity index (χ0v) is 26.1. The summed E-state index contributed by atoms with van der Waals surface area (Å²) in [5.74, 6) is -1.71. The topological polar surface area (TPSA) is 87.3 Å². The summed E-state index contributed by atoms with van der Waals surface area (Å²) in [7, 11) is 0. The Balaban J connectivity index is 1.48. The fourth-order valence-electron chi connectivity index (χ4n) is 3.87. The number of thioether (sulfide) groups is 1. The van der Waals surface area contributed by atoms with Gasteiger partial charge in [-0.15, -0.1) is 11.8 Å². The summed E-state index contributed by atoms with van der Waals surface area (Å²) in [4.78, 5) is 39.6. The van der Waals surface area contributed by atoms with E-state index in [0.29, 0.717) is 21.7 Å². The molecule has 0 aliphatic heterocycles. The molecule has 4 aromatic rings. The molecule has 0 aliphatic rings. The van der Waals surface area contributed by atoms with Crippen molar-refractivity contribution in [1.29, 1.82) is 0 Å². The standard InChI is InChI=1S/C32H24BrClF3N3O3S/c1-19(29(41)39-27-15-14-23(34)17-26(27)32(35,36)37)44-25-9-5-8-24(18-25)38-31(43)28(16-20-10-12-22(33)13-11-20)40-30(42)21-6-3-2-4-7-21/h2-19H,1H3,(H,38,43)(H,39,41)(H,40,42)/b28-16-. The average molecular weight is 703 g/mol. The fourth-order valence-corrected chi connectivity index (χ4v) is 5.23. The molecule has 0 radical (unpaired) electrons. The van der Waals surface area contributed by atoms with E-state index < -0.39 is 40.4 Å². The highest BCUT2D eigenvalue weighted by molar-refractivity contribution is 9.10. The Labute approximate surface area is 269 Å². The molecule has 1 unspecified atom stereocenters. The lowest BCUT2D eigenvalue weighted by Gasteiger charge is -2.17. The molecule has 0 fully saturated rings. The van der Waals surface area contributed by atoms with E-state index in [4.69, 9.17) is 11.6 Å². The van der Waals surface area contributed by atoms with E-state index in [1.165, 1.54) is 6.07 Å². The number of anilines is 2. The second-order valence-corrected chi connectivity index (χ2v) is 12.1. The number of benzene rings is 4. The molecule has 0 saturated carbocycles. The fraction of sp³-hybridized carbons (Fsp3) is 0.0938. The van der Waals surface area contributed by atoms with Crippen LogP contribution < -0.4 is 16.0 Å². The number of carbonyl (C=O) groups is 3. The van der Waals surface area contributed by atoms with Crippen LogP contribution >= 0.6 is 39.3 Å². The molecule has 4 aromatic carbocycles. The van der Waals surface area contributed by atoms with Crippen molar-refractivity contribution in [2.75, 3.05) is 10.6 Å². The summed E-state index contributed by atoms with van der Waals surface area (Å²) >= 11 is 10.2. The molecule has 0 bridgehead atoms. The Morgan fingerprint density at radius 2 is 1.59 bits per heavy atom. The first kappa shape index (κ1) is 32.8. The van der Waals surface area contributed by atoms with Crippen molar-refractivity contribution >= 4 is 74.5 Å². The van der Waals surface area contributed by atoms with Crippen molar-refractivity contribution in [3.05, 3.63) is 129 Å². The van der Waals surface area contributed by atoms with Gasteiger partial charge in [-0.1, -0.05) is 63.9 Å². The number of nitrogens with one attached hydrogen (secondary N) is 3. The lowest BCUT2D eigenvalue weighted by atomic mass is 10.1. The van der Waals surface area contributed by atoms with Crippen LogP contribution in [0.1, 0.15) is 28.4 Å². The van der Waals surface area contributed by atoms with Gasteiger partial charge in [0, 0.05) is 25.6 Å². The zero-order chi connectivity index (χ0) is 31.9. The van der Waals surface area contributed by atoms with Gasteiger partial charge in [-0.2, -0.15) is 13.2 Å². The number of halogens is 5. The monoisotopic (exact) mass is 701 g/mol. The molecule has 0 saturated heterocycles. The van der Waals surface area contributed by atoms with Gasteiger partial charge in [0.25, 0.3) is 11.8 Å². The highest BCUT2D eigenvalue weighted by Gasteiger charge is 2.34. The van der Waals surface area contributed by atoms with Crippen molar-refractivity contribution in [3.63, 3.8) is 0 Å². The molecule has 0 aliphatic carbocycles. The van der Waals surface area contributed by atoms with Gasteiger partial charge in [0.05, 0.1) is 16.5 Å². The van der Waals surface area contributed by atoms with Crippen LogP contribution in [0.5, 0.6) is 0 Å². The molecule has 226 valence electrons. The lowest BCUT2D eigenvalue weighted by molar-refractivity contribution is -0.137. The van der Waals surface area contributed by atoms with E-state index in [0.717, 1.165) is 28.4 Å². The quantitative estimate of drug-likeness (QED) is 0.120. The van der Waals surface area contributed by atoms with E-state index in [1.54, 1.807) is 91.9 Å². The third kappa shape index (κ3) is 9.22. The number of rotatable bonds is 9. The predicted molar refractivity (Wildman–Crippen MR) is 172 cm³/mol. The van der Waals surface area contributed by atoms with Gasteiger partial charge in [-0.3, -0.25) is 14.4 Å². The van der Waals surface area contributed by atoms with E-state index >= 15 is 0 Å². The SMILES string of the molecule is CC(Sc1cccc(NC(=O)/C(=C/c2ccc(Br)cc2)NC(=O)c2ccccc2)c1)C(=O)Nc1ccc(Cl)cc1C(F)(F)F. The molecule has 12 heteroatoms. The van der Waals surface area contributed by atoms with Crippen LogP contribution in [0, 0.1) is 0 Å². The van der Waals surface area contributed by atoms with E-state index in [2.05, 4.69) is 31.9 Å². The zero-order valence-electron chi connectivity index (χ0n) is 22.9. The van der Waals surface area contributed by atoms with Crippen molar-refractivity contribution in [2.45, 2.75) is 23.2 Å². The molecular formula is C32H24BrClF3N3O3S. The first-order valence-electron chi connectivity index (χ1n) is 13.0. The van der Waals surface area contributed by atoms with Crippen LogP contribution in [0.25, 0.3) is 6.08 Å². The molecule has 44 heavy (non-hydrogen) atoms. The van der Waals surface area contributed by atoms with Crippen molar-refractivity contribution in [2.24, 2.45) is 0 Å². The van der Waals surface area contributed by atoms with E-state index in [-0.39, 0.29) is 10.7 Å². The molecule has 6 nitrogen and oxygen atoms in total. The largest absolute Gasteiger partial charge is 0.418 e. The number of alkyl halides is 3. The first-order chi connectivity index (χ1) is 20.9. The Bertz CT molecular complexity index is 1700. The van der Waals surface area contributed by atoms with Crippen LogP contribution in [-0.2, 0) is 15.8 Å². The summed E-state index contributed by atoms with van der Waals surface area (Å²) in [6.07, 6.45) is -3.17. The van der Waals surface area contributed by atoms with Crippen LogP contribution in [-0.4, -0.2) is 23.0 Å². The normalized spacial score (nSPS) is 12.3. The summed E-state index contributed by atoms with van der Waals surface area (Å²) in [5.41, 5.74) is -0.0378. The smallest absolute Gasteiger partial charge is 0.325 e. The van der Waals surface area contributed by atoms with Gasteiger partial charge < -0.3 is 16.0 Å². The van der Waals surface area contributed by atoms with Crippen molar-refractivity contribution in [3.8, 4) is 0 Å². The van der Waals surface area contributed by atoms with Crippen molar-refractivity contribution in [1.82, 2.24) is 5.32 Å². The Morgan fingerprint density at radius 1 is 0.886 bits per heavy atom. The second-order valence-electron chi connectivity index (χ2n) is 9.35. The van der Waals surface area contributed by atoms with E-state index in [1.807, 2.05) is 0 Å². The van der Waals surface area contributed by atoms with Crippen LogP contribution in [0.4, 0.5) is 24.5 Å². The molecule has 3 amide bonds. The number of hydrogen-bond acceptors (Lipinski definition) is 4. The maximum Gasteiger partial charge on any atom is 0.418 e. The molecule has 1 atom stereocenters. The third-order valence-corrected chi connectivity index (χ3v) is 7.89. The lowest BCUT2D eigenvalue weighted by Crippen LogP contribution is -2.30. The van der Waals surface area contributed by atoms with Gasteiger partial charge in [0.1, 0.15) is 5.70 Å². The average Bonchev–Trinajstić information content (AvgIpc) is 2.98. The molecular weight excluding hydrogens is 679 g/mol. The van der Waals surface area contributed by atoms with Gasteiger partial charge in [-0.25, -0.2) is 0 Å². The minimum atomic E-state index is -4.71. The summed E-state index contributed by atoms with van der Waals surface area (Å²) < 4.78 is 41.2. The maximum atomic E-state index is 13.4. The minimum Gasteiger partial charge on any atom is -0.325 e. The number of carbonyl (C=O) groups excluding carboxylic acids is 3. The Morgan fingerprint density at radius 3 is 2.27 bits per heavy atom. The maximum absolute atomic E-state index is 13.4. The molecule has 0 spiro atoms. The highest BCUT2D eigenvalue weighted by atomic mass is 79.9. The molecule has 0 aromatic heterocycles.